The maximum absolute atomic E-state index is 12.8. The minimum atomic E-state index is -0.0797. The number of hydrogen-bond donors (Lipinski definition) is 3. The summed E-state index contributed by atoms with van der Waals surface area (Å²) in [5.74, 6) is -0.0797. The van der Waals surface area contributed by atoms with Gasteiger partial charge in [0.25, 0.3) is 5.91 Å². The summed E-state index contributed by atoms with van der Waals surface area (Å²) in [5.41, 5.74) is 8.74. The molecule has 25 heavy (non-hydrogen) atoms. The first-order valence-electron chi connectivity index (χ1n) is 8.85. The molecule has 1 unspecified atom stereocenters. The molecule has 1 fully saturated rings. The van der Waals surface area contributed by atoms with E-state index >= 15 is 0 Å². The predicted molar refractivity (Wildman–Crippen MR) is 101 cm³/mol. The Hall–Kier alpha value is -1.70. The monoisotopic (exact) mass is 363 g/mol. The number of thiophene rings is 1. The van der Waals surface area contributed by atoms with Crippen LogP contribution in [0.4, 0.5) is 5.69 Å². The summed E-state index contributed by atoms with van der Waals surface area (Å²) < 4.78 is 5.28. The quantitative estimate of drug-likeness (QED) is 0.744. The molecule has 3 rings (SSSR count). The number of carbonyl (C=O) groups excluding carboxylic acids is 1. The fraction of sp³-hybridized carbons (Fsp3) is 0.556. The van der Waals surface area contributed by atoms with Crippen LogP contribution in [0.2, 0.25) is 0 Å². The van der Waals surface area contributed by atoms with Gasteiger partial charge in [-0.25, -0.2) is 4.98 Å². The zero-order valence-corrected chi connectivity index (χ0v) is 16.0. The van der Waals surface area contributed by atoms with Gasteiger partial charge < -0.3 is 20.7 Å². The number of carbonyl (C=O) groups is 1. The Kier molecular flexibility index (Phi) is 5.56. The molecule has 3 heterocycles. The Bertz CT molecular complexity index is 774. The summed E-state index contributed by atoms with van der Waals surface area (Å²) in [6.07, 6.45) is 2.18. The van der Waals surface area contributed by atoms with Crippen LogP contribution in [-0.2, 0) is 11.3 Å². The van der Waals surface area contributed by atoms with Crippen molar-refractivity contribution in [2.45, 2.75) is 39.3 Å². The molecule has 6 nitrogen and oxygen atoms in total. The van der Waals surface area contributed by atoms with Gasteiger partial charge in [-0.15, -0.1) is 11.3 Å². The molecule has 2 aromatic heterocycles. The van der Waals surface area contributed by atoms with E-state index in [-0.39, 0.29) is 11.9 Å². The highest BCUT2D eigenvalue weighted by Crippen LogP contribution is 2.35. The zero-order valence-electron chi connectivity index (χ0n) is 15.1. The average Bonchev–Trinajstić information content (AvgIpc) is 2.92. The Morgan fingerprint density at radius 2 is 2.36 bits per heavy atom. The molecule has 4 N–H and O–H groups in total. The van der Waals surface area contributed by atoms with E-state index in [0.717, 1.165) is 47.4 Å². The molecule has 0 saturated carbocycles. The number of aromatic nitrogens is 1. The van der Waals surface area contributed by atoms with Crippen LogP contribution in [0, 0.1) is 6.92 Å². The van der Waals surface area contributed by atoms with E-state index in [4.69, 9.17) is 10.5 Å². The average molecular weight is 364 g/mol. The minimum absolute atomic E-state index is 0.0797. The maximum atomic E-state index is 12.8. The second-order valence-electron chi connectivity index (χ2n) is 6.75. The van der Waals surface area contributed by atoms with Crippen molar-refractivity contribution in [3.63, 3.8) is 0 Å². The molecule has 0 aromatic carbocycles. The first-order valence-corrected chi connectivity index (χ1v) is 9.67. The van der Waals surface area contributed by atoms with Gasteiger partial charge in [-0.1, -0.05) is 0 Å². The number of quaternary nitrogens is 1. The van der Waals surface area contributed by atoms with Crippen molar-refractivity contribution in [3.05, 3.63) is 22.2 Å². The van der Waals surface area contributed by atoms with Crippen LogP contribution in [0.3, 0.4) is 0 Å². The van der Waals surface area contributed by atoms with Crippen LogP contribution in [0.5, 0.6) is 0 Å². The predicted octanol–water partition coefficient (Wildman–Crippen LogP) is 1.13. The van der Waals surface area contributed by atoms with Crippen LogP contribution in [0.1, 0.15) is 40.7 Å². The summed E-state index contributed by atoms with van der Waals surface area (Å²) in [4.78, 5) is 20.3. The normalized spacial score (nSPS) is 20.8. The van der Waals surface area contributed by atoms with E-state index in [1.807, 2.05) is 13.0 Å². The van der Waals surface area contributed by atoms with Gasteiger partial charge in [0, 0.05) is 18.2 Å². The van der Waals surface area contributed by atoms with E-state index in [0.29, 0.717) is 17.2 Å². The van der Waals surface area contributed by atoms with Crippen LogP contribution in [0.15, 0.2) is 6.07 Å². The van der Waals surface area contributed by atoms with Gasteiger partial charge in [-0.3, -0.25) is 4.79 Å². The first kappa shape index (κ1) is 18.1. The number of piperidine rings is 1. The number of fused-ring (bicyclic) bond motifs is 1. The second-order valence-corrected chi connectivity index (χ2v) is 7.75. The Morgan fingerprint density at radius 1 is 1.56 bits per heavy atom. The summed E-state index contributed by atoms with van der Waals surface area (Å²) in [7, 11) is 1.66. The number of nitrogen functional groups attached to an aromatic ring is 1. The molecule has 0 spiro atoms. The molecule has 2 atom stereocenters. The van der Waals surface area contributed by atoms with Gasteiger partial charge in [0.2, 0.25) is 0 Å². The number of anilines is 1. The van der Waals surface area contributed by atoms with Gasteiger partial charge >= 0.3 is 0 Å². The second kappa shape index (κ2) is 7.68. The Balaban J connectivity index is 1.86. The third-order valence-corrected chi connectivity index (χ3v) is 5.97. The van der Waals surface area contributed by atoms with Gasteiger partial charge in [0.05, 0.1) is 38.0 Å². The number of amides is 1. The van der Waals surface area contributed by atoms with Crippen molar-refractivity contribution in [1.29, 1.82) is 0 Å². The van der Waals surface area contributed by atoms with Crippen LogP contribution < -0.4 is 16.0 Å². The number of likely N-dealkylation sites (N-methyl/N-ethyl adjacent to an activating group) is 1. The number of pyridine rings is 1. The van der Waals surface area contributed by atoms with E-state index in [1.54, 1.807) is 12.0 Å². The lowest BCUT2D eigenvalue weighted by atomic mass is 10.1. The number of nitrogens with one attached hydrogen (secondary N) is 2. The number of nitrogens with zero attached hydrogens (tertiary/aromatic N) is 1. The molecule has 136 valence electrons. The molecule has 1 saturated heterocycles. The van der Waals surface area contributed by atoms with Crippen molar-refractivity contribution in [2.24, 2.45) is 0 Å². The van der Waals surface area contributed by atoms with Crippen molar-refractivity contribution < 1.29 is 14.4 Å². The third kappa shape index (κ3) is 3.78. The summed E-state index contributed by atoms with van der Waals surface area (Å²) >= 11 is 1.37. The van der Waals surface area contributed by atoms with Gasteiger partial charge in [0.15, 0.2) is 0 Å². The van der Waals surface area contributed by atoms with E-state index < -0.39 is 0 Å². The Morgan fingerprint density at radius 3 is 3.08 bits per heavy atom. The molecule has 7 heteroatoms. The molecule has 2 aromatic rings. The van der Waals surface area contributed by atoms with Crippen molar-refractivity contribution in [1.82, 2.24) is 10.3 Å². The fourth-order valence-electron chi connectivity index (χ4n) is 3.62. The highest BCUT2D eigenvalue weighted by molar-refractivity contribution is 7.21. The number of hydrogen-bond acceptors (Lipinski definition) is 5. The summed E-state index contributed by atoms with van der Waals surface area (Å²) in [6.45, 7) is 7.87. The third-order valence-electron chi connectivity index (χ3n) is 4.87. The summed E-state index contributed by atoms with van der Waals surface area (Å²) in [5, 5.41) is 4.03. The van der Waals surface area contributed by atoms with E-state index in [2.05, 4.69) is 17.2 Å². The fourth-order valence-corrected chi connectivity index (χ4v) is 4.71. The molecule has 0 bridgehead atoms. The topological polar surface area (TPSA) is 81.7 Å². The molecule has 1 aliphatic heterocycles. The highest BCUT2D eigenvalue weighted by atomic mass is 32.1. The lowest BCUT2D eigenvalue weighted by Crippen LogP contribution is -3.14. The van der Waals surface area contributed by atoms with E-state index in [1.165, 1.54) is 17.9 Å². The number of nitrogens with two attached hydrogens (primary N) is 1. The molecular weight excluding hydrogens is 336 g/mol. The molecule has 0 aliphatic carbocycles. The smallest absolute Gasteiger partial charge is 0.263 e. The minimum Gasteiger partial charge on any atom is -0.397 e. The zero-order chi connectivity index (χ0) is 18.0. The summed E-state index contributed by atoms with van der Waals surface area (Å²) in [6, 6.07) is 2.19. The number of aryl methyl sites for hydroxylation is 1. The van der Waals surface area contributed by atoms with Crippen molar-refractivity contribution in [2.75, 3.05) is 32.5 Å². The number of likely N-dealkylation sites (tertiary alicyclic amines) is 1. The van der Waals surface area contributed by atoms with Crippen molar-refractivity contribution in [3.8, 4) is 0 Å². The van der Waals surface area contributed by atoms with Crippen molar-refractivity contribution >= 4 is 33.1 Å². The number of ether oxygens (including phenoxy) is 1. The standard InChI is InChI=1S/C18H26N4O2S/c1-4-22-7-5-6-13(9-22)21-17(23)16-15(19)14-12(10-24-3)8-11(2)20-18(14)25-16/h8,13H,4-7,9-10,19H2,1-3H3,(H,21,23)/p+1/t13-/m1/s1. The van der Waals surface area contributed by atoms with Crippen LogP contribution >= 0.6 is 11.3 Å². The lowest BCUT2D eigenvalue weighted by Gasteiger charge is -2.29. The maximum Gasteiger partial charge on any atom is 0.263 e. The first-order chi connectivity index (χ1) is 12.0. The van der Waals surface area contributed by atoms with Gasteiger partial charge in [0.1, 0.15) is 9.71 Å². The molecule has 1 amide bonds. The lowest BCUT2D eigenvalue weighted by molar-refractivity contribution is -0.904. The van der Waals surface area contributed by atoms with Crippen LogP contribution in [0.25, 0.3) is 10.2 Å². The molecule has 1 aliphatic rings. The van der Waals surface area contributed by atoms with Crippen LogP contribution in [-0.4, -0.2) is 43.7 Å². The largest absolute Gasteiger partial charge is 0.397 e. The molecule has 0 radical (unpaired) electrons. The Labute approximate surface area is 152 Å². The SMILES string of the molecule is CC[NH+]1CCC[C@@H](NC(=O)c2sc3nc(C)cc(COC)c3c2N)C1. The number of rotatable bonds is 5. The van der Waals surface area contributed by atoms with Gasteiger partial charge in [-0.2, -0.15) is 0 Å². The highest BCUT2D eigenvalue weighted by Gasteiger charge is 2.26. The van der Waals surface area contributed by atoms with Gasteiger partial charge in [-0.05, 0) is 38.3 Å². The van der Waals surface area contributed by atoms with E-state index in [9.17, 15) is 4.79 Å². The molecular formula is C18H27N4O2S+. The number of methoxy groups -OCH3 is 1.